The molecule has 164 valence electrons. The van der Waals surface area contributed by atoms with E-state index in [0.717, 1.165) is 56.4 Å². The fourth-order valence-electron chi connectivity index (χ4n) is 2.80. The summed E-state index contributed by atoms with van der Waals surface area (Å²) in [5.74, 6) is 1.19. The number of hydrogen-bond acceptors (Lipinski definition) is 4. The number of aliphatic imine (C=N–C) groups is 1. The molecule has 29 heavy (non-hydrogen) atoms. The molecule has 0 bridgehead atoms. The van der Waals surface area contributed by atoms with Gasteiger partial charge in [-0.15, -0.1) is 0 Å². The van der Waals surface area contributed by atoms with Crippen LogP contribution in [0.4, 0.5) is 5.69 Å². The Morgan fingerprint density at radius 3 is 2.72 bits per heavy atom. The molecule has 0 saturated heterocycles. The lowest BCUT2D eigenvalue weighted by Crippen LogP contribution is -2.41. The summed E-state index contributed by atoms with van der Waals surface area (Å²) in [6.07, 6.45) is 1.56. The standard InChI is InChI=1S/C22H39N5O2/c1-6-23-22(24-11-13-27(4)12-8-14-29-5)25-17-19-9-7-10-20(16-19)26-21(28)15-18(2)3/h7,9-10,16,18H,6,8,11-15,17H2,1-5H3,(H,26,28)(H2,23,24,25). The van der Waals surface area contributed by atoms with Gasteiger partial charge in [0.25, 0.3) is 0 Å². The topological polar surface area (TPSA) is 78.0 Å². The third kappa shape index (κ3) is 12.1. The molecule has 0 spiro atoms. The van der Waals surface area contributed by atoms with Crippen molar-refractivity contribution in [3.8, 4) is 0 Å². The van der Waals surface area contributed by atoms with Crippen LogP contribution in [-0.4, -0.2) is 63.7 Å². The van der Waals surface area contributed by atoms with E-state index >= 15 is 0 Å². The Balaban J connectivity index is 2.53. The molecule has 1 aromatic rings. The molecule has 0 aliphatic rings. The number of nitrogens with one attached hydrogen (secondary N) is 3. The number of methoxy groups -OCH3 is 1. The average Bonchev–Trinajstić information content (AvgIpc) is 2.66. The molecule has 0 aliphatic carbocycles. The fourth-order valence-corrected chi connectivity index (χ4v) is 2.80. The number of guanidine groups is 1. The van der Waals surface area contributed by atoms with Gasteiger partial charge >= 0.3 is 0 Å². The molecule has 1 aromatic carbocycles. The maximum atomic E-state index is 12.0. The van der Waals surface area contributed by atoms with Crippen molar-refractivity contribution >= 4 is 17.6 Å². The van der Waals surface area contributed by atoms with Crippen LogP contribution in [0.15, 0.2) is 29.3 Å². The zero-order valence-corrected chi connectivity index (χ0v) is 18.8. The Bertz CT molecular complexity index is 619. The van der Waals surface area contributed by atoms with Crippen molar-refractivity contribution in [2.24, 2.45) is 10.9 Å². The molecule has 0 unspecified atom stereocenters. The van der Waals surface area contributed by atoms with Crippen LogP contribution < -0.4 is 16.0 Å². The SMILES string of the molecule is CCNC(=NCc1cccc(NC(=O)CC(C)C)c1)NCCN(C)CCCOC. The van der Waals surface area contributed by atoms with E-state index in [9.17, 15) is 4.79 Å². The summed E-state index contributed by atoms with van der Waals surface area (Å²) in [7, 11) is 3.84. The smallest absolute Gasteiger partial charge is 0.224 e. The van der Waals surface area contributed by atoms with E-state index in [0.29, 0.717) is 18.9 Å². The highest BCUT2D eigenvalue weighted by Crippen LogP contribution is 2.13. The van der Waals surface area contributed by atoms with E-state index in [1.165, 1.54) is 0 Å². The molecular weight excluding hydrogens is 366 g/mol. The number of anilines is 1. The van der Waals surface area contributed by atoms with Crippen LogP contribution >= 0.6 is 0 Å². The second-order valence-electron chi connectivity index (χ2n) is 7.62. The summed E-state index contributed by atoms with van der Waals surface area (Å²) in [4.78, 5) is 18.9. The van der Waals surface area contributed by atoms with E-state index in [2.05, 4.69) is 39.8 Å². The maximum absolute atomic E-state index is 12.0. The Kier molecular flexibility index (Phi) is 12.7. The van der Waals surface area contributed by atoms with Crippen molar-refractivity contribution in [3.63, 3.8) is 0 Å². The summed E-state index contributed by atoms with van der Waals surface area (Å²) in [5, 5.41) is 9.62. The molecule has 0 heterocycles. The number of hydrogen-bond donors (Lipinski definition) is 3. The van der Waals surface area contributed by atoms with Gasteiger partial charge in [-0.05, 0) is 44.0 Å². The first kappa shape index (κ1) is 24.9. The van der Waals surface area contributed by atoms with Gasteiger partial charge in [-0.1, -0.05) is 26.0 Å². The third-order valence-electron chi connectivity index (χ3n) is 4.24. The van der Waals surface area contributed by atoms with Crippen molar-refractivity contribution in [3.05, 3.63) is 29.8 Å². The van der Waals surface area contributed by atoms with Crippen LogP contribution in [0.1, 0.15) is 39.2 Å². The average molecular weight is 406 g/mol. The van der Waals surface area contributed by atoms with Gasteiger partial charge in [0, 0.05) is 52.0 Å². The molecule has 3 N–H and O–H groups in total. The highest BCUT2D eigenvalue weighted by atomic mass is 16.5. The highest BCUT2D eigenvalue weighted by molar-refractivity contribution is 5.90. The zero-order valence-electron chi connectivity index (χ0n) is 18.8. The molecule has 0 atom stereocenters. The third-order valence-corrected chi connectivity index (χ3v) is 4.24. The largest absolute Gasteiger partial charge is 0.385 e. The van der Waals surface area contributed by atoms with Gasteiger partial charge in [-0.25, -0.2) is 4.99 Å². The summed E-state index contributed by atoms with van der Waals surface area (Å²) >= 11 is 0. The van der Waals surface area contributed by atoms with E-state index in [-0.39, 0.29) is 5.91 Å². The first-order valence-electron chi connectivity index (χ1n) is 10.5. The quantitative estimate of drug-likeness (QED) is 0.267. The Morgan fingerprint density at radius 1 is 1.24 bits per heavy atom. The molecule has 7 heteroatoms. The van der Waals surface area contributed by atoms with E-state index in [1.54, 1.807) is 7.11 Å². The zero-order chi connectivity index (χ0) is 21.5. The molecule has 1 amide bonds. The van der Waals surface area contributed by atoms with Gasteiger partial charge in [0.05, 0.1) is 6.54 Å². The van der Waals surface area contributed by atoms with Gasteiger partial charge in [-0.3, -0.25) is 4.79 Å². The van der Waals surface area contributed by atoms with Crippen LogP contribution in [0, 0.1) is 5.92 Å². The number of rotatable bonds is 13. The summed E-state index contributed by atoms with van der Waals surface area (Å²) in [6, 6.07) is 7.86. The van der Waals surface area contributed by atoms with Crippen LogP contribution in [0.3, 0.4) is 0 Å². The molecule has 0 radical (unpaired) electrons. The first-order chi connectivity index (χ1) is 13.9. The Labute approximate surface area is 176 Å². The second-order valence-corrected chi connectivity index (χ2v) is 7.62. The van der Waals surface area contributed by atoms with Crippen molar-refractivity contribution in [1.82, 2.24) is 15.5 Å². The van der Waals surface area contributed by atoms with Crippen molar-refractivity contribution in [2.45, 2.75) is 40.2 Å². The number of carbonyl (C=O) groups excluding carboxylic acids is 1. The van der Waals surface area contributed by atoms with Gasteiger partial charge in [0.15, 0.2) is 5.96 Å². The first-order valence-corrected chi connectivity index (χ1v) is 10.5. The van der Waals surface area contributed by atoms with E-state index in [4.69, 9.17) is 4.74 Å². The molecule has 0 saturated carbocycles. The lowest BCUT2D eigenvalue weighted by atomic mass is 10.1. The minimum Gasteiger partial charge on any atom is -0.385 e. The predicted octanol–water partition coefficient (Wildman–Crippen LogP) is 2.69. The normalized spacial score (nSPS) is 11.8. The molecule has 1 rings (SSSR count). The van der Waals surface area contributed by atoms with Crippen LogP contribution in [0.5, 0.6) is 0 Å². The highest BCUT2D eigenvalue weighted by Gasteiger charge is 2.06. The fraction of sp³-hybridized carbons (Fsp3) is 0.636. The summed E-state index contributed by atoms with van der Waals surface area (Å²) in [6.45, 7) is 11.0. The Morgan fingerprint density at radius 2 is 2.03 bits per heavy atom. The lowest BCUT2D eigenvalue weighted by Gasteiger charge is -2.18. The number of nitrogens with zero attached hydrogens (tertiary/aromatic N) is 2. The van der Waals surface area contributed by atoms with Crippen LogP contribution in [0.2, 0.25) is 0 Å². The van der Waals surface area contributed by atoms with E-state index in [1.807, 2.05) is 38.1 Å². The molecule has 0 aliphatic heterocycles. The molecular formula is C22H39N5O2. The molecule has 0 fully saturated rings. The minimum absolute atomic E-state index is 0.0466. The predicted molar refractivity (Wildman–Crippen MR) is 121 cm³/mol. The van der Waals surface area contributed by atoms with E-state index < -0.39 is 0 Å². The monoisotopic (exact) mass is 405 g/mol. The van der Waals surface area contributed by atoms with Gasteiger partial charge in [0.2, 0.25) is 5.91 Å². The number of likely N-dealkylation sites (N-methyl/N-ethyl adjacent to an activating group) is 1. The lowest BCUT2D eigenvalue weighted by molar-refractivity contribution is -0.116. The van der Waals surface area contributed by atoms with Gasteiger partial charge in [0.1, 0.15) is 0 Å². The van der Waals surface area contributed by atoms with Crippen molar-refractivity contribution in [2.75, 3.05) is 52.3 Å². The molecule has 7 nitrogen and oxygen atoms in total. The summed E-state index contributed by atoms with van der Waals surface area (Å²) in [5.41, 5.74) is 1.88. The number of ether oxygens (including phenoxy) is 1. The maximum Gasteiger partial charge on any atom is 0.224 e. The number of amides is 1. The van der Waals surface area contributed by atoms with Crippen LogP contribution in [0.25, 0.3) is 0 Å². The summed E-state index contributed by atoms with van der Waals surface area (Å²) < 4.78 is 5.09. The van der Waals surface area contributed by atoms with Gasteiger partial charge < -0.3 is 25.6 Å². The van der Waals surface area contributed by atoms with Crippen LogP contribution in [-0.2, 0) is 16.1 Å². The van der Waals surface area contributed by atoms with Gasteiger partial charge in [-0.2, -0.15) is 0 Å². The molecule has 0 aromatic heterocycles. The van der Waals surface area contributed by atoms with Crippen molar-refractivity contribution in [1.29, 1.82) is 0 Å². The minimum atomic E-state index is 0.0466. The number of benzene rings is 1. The number of carbonyl (C=O) groups is 1. The van der Waals surface area contributed by atoms with Crippen molar-refractivity contribution < 1.29 is 9.53 Å². The second kappa shape index (κ2) is 14.8. The Hall–Kier alpha value is -2.12.